The molecule has 0 unspecified atom stereocenters. The van der Waals surface area contributed by atoms with Crippen molar-refractivity contribution >= 4 is 27.4 Å². The maximum absolute atomic E-state index is 11.7. The molecule has 1 heterocycles. The minimum Gasteiger partial charge on any atom is -0.492 e. The summed E-state index contributed by atoms with van der Waals surface area (Å²) < 4.78 is 44.4. The SMILES string of the molecule is CCO[C@@H](CC(=O)OC)c1ccc(OCc2ccc(Cl)c(-c3ccc(OCCCS(C)(=O)=O)cn3)c2)cc1. The molecule has 3 rings (SSSR count). The first-order valence-corrected chi connectivity index (χ1v) is 14.6. The summed E-state index contributed by atoms with van der Waals surface area (Å²) in [5, 5.41) is 0.556. The van der Waals surface area contributed by atoms with Crippen LogP contribution < -0.4 is 9.47 Å². The monoisotopic (exact) mass is 561 g/mol. The first kappa shape index (κ1) is 29.4. The van der Waals surface area contributed by atoms with Crippen molar-refractivity contribution in [3.63, 3.8) is 0 Å². The number of esters is 1. The van der Waals surface area contributed by atoms with E-state index in [9.17, 15) is 13.2 Å². The van der Waals surface area contributed by atoms with E-state index >= 15 is 0 Å². The van der Waals surface area contributed by atoms with Gasteiger partial charge in [0.25, 0.3) is 0 Å². The number of carbonyl (C=O) groups excluding carboxylic acids is 1. The third-order valence-electron chi connectivity index (χ3n) is 5.58. The van der Waals surface area contributed by atoms with E-state index < -0.39 is 9.84 Å². The van der Waals surface area contributed by atoms with Gasteiger partial charge in [-0.15, -0.1) is 0 Å². The quantitative estimate of drug-likeness (QED) is 0.189. The van der Waals surface area contributed by atoms with Gasteiger partial charge in [0.1, 0.15) is 27.9 Å². The van der Waals surface area contributed by atoms with Gasteiger partial charge in [-0.3, -0.25) is 9.78 Å². The molecule has 1 aromatic heterocycles. The molecule has 0 bridgehead atoms. The van der Waals surface area contributed by atoms with Crippen molar-refractivity contribution in [2.75, 3.05) is 32.3 Å². The molecule has 10 heteroatoms. The van der Waals surface area contributed by atoms with E-state index in [1.165, 1.54) is 13.4 Å². The lowest BCUT2D eigenvalue weighted by Crippen LogP contribution is -2.11. The number of carbonyl (C=O) groups is 1. The molecule has 0 saturated heterocycles. The van der Waals surface area contributed by atoms with Crippen molar-refractivity contribution in [3.05, 3.63) is 76.9 Å². The van der Waals surface area contributed by atoms with E-state index in [4.69, 9.17) is 30.5 Å². The van der Waals surface area contributed by atoms with Gasteiger partial charge in [0.2, 0.25) is 0 Å². The summed E-state index contributed by atoms with van der Waals surface area (Å²) in [6, 6.07) is 16.6. The van der Waals surface area contributed by atoms with Crippen LogP contribution in [0.1, 0.15) is 37.0 Å². The fraction of sp³-hybridized carbons (Fsp3) is 0.357. The molecule has 0 aliphatic heterocycles. The molecule has 0 aliphatic carbocycles. The number of rotatable bonds is 14. The highest BCUT2D eigenvalue weighted by Crippen LogP contribution is 2.29. The van der Waals surface area contributed by atoms with Gasteiger partial charge in [-0.1, -0.05) is 29.8 Å². The zero-order valence-electron chi connectivity index (χ0n) is 21.7. The lowest BCUT2D eigenvalue weighted by atomic mass is 10.1. The highest BCUT2D eigenvalue weighted by Gasteiger charge is 2.17. The summed E-state index contributed by atoms with van der Waals surface area (Å²) in [5.41, 5.74) is 3.22. The van der Waals surface area contributed by atoms with Gasteiger partial charge in [-0.2, -0.15) is 0 Å². The number of pyridine rings is 1. The summed E-state index contributed by atoms with van der Waals surface area (Å²) >= 11 is 6.44. The Morgan fingerprint density at radius 2 is 1.76 bits per heavy atom. The number of ether oxygens (including phenoxy) is 4. The number of hydrogen-bond acceptors (Lipinski definition) is 8. The smallest absolute Gasteiger partial charge is 0.308 e. The van der Waals surface area contributed by atoms with Crippen LogP contribution in [0.25, 0.3) is 11.3 Å². The Kier molecular flexibility index (Phi) is 10.9. The Hall–Kier alpha value is -3.14. The number of aromatic nitrogens is 1. The molecule has 0 aliphatic rings. The first-order valence-electron chi connectivity index (χ1n) is 12.1. The van der Waals surface area contributed by atoms with Gasteiger partial charge in [-0.05, 0) is 60.9 Å². The van der Waals surface area contributed by atoms with Crippen molar-refractivity contribution in [2.24, 2.45) is 0 Å². The van der Waals surface area contributed by atoms with Gasteiger partial charge in [0.05, 0.1) is 43.9 Å². The second kappa shape index (κ2) is 14.1. The molecular weight excluding hydrogens is 530 g/mol. The maximum Gasteiger partial charge on any atom is 0.308 e. The minimum absolute atomic E-state index is 0.0797. The Balaban J connectivity index is 1.61. The van der Waals surface area contributed by atoms with Crippen molar-refractivity contribution in [1.29, 1.82) is 0 Å². The Morgan fingerprint density at radius 3 is 2.39 bits per heavy atom. The molecule has 8 nitrogen and oxygen atoms in total. The largest absolute Gasteiger partial charge is 0.492 e. The van der Waals surface area contributed by atoms with Crippen LogP contribution in [0.4, 0.5) is 0 Å². The molecule has 0 fully saturated rings. The molecule has 0 N–H and O–H groups in total. The van der Waals surface area contributed by atoms with Crippen LogP contribution in [-0.2, 0) is 30.7 Å². The van der Waals surface area contributed by atoms with Crippen molar-refractivity contribution in [3.8, 4) is 22.8 Å². The van der Waals surface area contributed by atoms with Crippen LogP contribution in [0.5, 0.6) is 11.5 Å². The maximum atomic E-state index is 11.7. The average Bonchev–Trinajstić information content (AvgIpc) is 2.90. The summed E-state index contributed by atoms with van der Waals surface area (Å²) in [6.07, 6.45) is 2.97. The molecule has 38 heavy (non-hydrogen) atoms. The van der Waals surface area contributed by atoms with Crippen LogP contribution in [0.3, 0.4) is 0 Å². The zero-order valence-corrected chi connectivity index (χ0v) is 23.3. The second-order valence-corrected chi connectivity index (χ2v) is 11.3. The molecule has 2 aromatic carbocycles. The summed E-state index contributed by atoms with van der Waals surface area (Å²) in [5.74, 6) is 0.980. The number of hydrogen-bond donors (Lipinski definition) is 0. The Labute approximate surface area is 228 Å². The third-order valence-corrected chi connectivity index (χ3v) is 6.94. The summed E-state index contributed by atoms with van der Waals surface area (Å²) in [6.45, 7) is 2.97. The minimum atomic E-state index is -3.01. The second-order valence-electron chi connectivity index (χ2n) is 8.61. The fourth-order valence-corrected chi connectivity index (χ4v) is 4.51. The lowest BCUT2D eigenvalue weighted by molar-refractivity contribution is -0.143. The highest BCUT2D eigenvalue weighted by atomic mass is 35.5. The standard InChI is InChI=1S/C28H32ClNO7S/c1-4-35-27(17-28(31)34-2)21-7-9-22(10-8-21)37-19-20-6-12-25(29)24(16-20)26-13-11-23(18-30-26)36-14-5-15-38(3,32)33/h6-13,16,18,27H,4-5,14-15,17,19H2,1-3H3/t27-/m0/s1. The predicted octanol–water partition coefficient (Wildman–Crippen LogP) is 5.44. The van der Waals surface area contributed by atoms with E-state index in [0.717, 1.165) is 16.7 Å². The van der Waals surface area contributed by atoms with Crippen LogP contribution in [0.2, 0.25) is 5.02 Å². The zero-order chi connectivity index (χ0) is 27.5. The van der Waals surface area contributed by atoms with Gasteiger partial charge in [-0.25, -0.2) is 8.42 Å². The molecule has 0 amide bonds. The van der Waals surface area contributed by atoms with Gasteiger partial charge in [0.15, 0.2) is 0 Å². The van der Waals surface area contributed by atoms with Crippen LogP contribution in [-0.4, -0.2) is 51.7 Å². The normalized spacial score (nSPS) is 12.1. The third kappa shape index (κ3) is 9.31. The van der Waals surface area contributed by atoms with E-state index in [1.54, 1.807) is 24.4 Å². The average molecular weight is 562 g/mol. The first-order chi connectivity index (χ1) is 18.2. The molecule has 0 radical (unpaired) electrons. The molecular formula is C28H32ClNO7S. The fourth-order valence-electron chi connectivity index (χ4n) is 3.65. The number of nitrogens with zero attached hydrogens (tertiary/aromatic N) is 1. The van der Waals surface area contributed by atoms with Gasteiger partial charge >= 0.3 is 5.97 Å². The van der Waals surface area contributed by atoms with E-state index in [1.807, 2.05) is 43.3 Å². The molecule has 0 saturated carbocycles. The van der Waals surface area contributed by atoms with Crippen molar-refractivity contribution in [2.45, 2.75) is 32.5 Å². The van der Waals surface area contributed by atoms with E-state index in [0.29, 0.717) is 48.5 Å². The van der Waals surface area contributed by atoms with Crippen molar-refractivity contribution < 1.29 is 32.2 Å². The highest BCUT2D eigenvalue weighted by molar-refractivity contribution is 7.90. The number of methoxy groups -OCH3 is 1. The van der Waals surface area contributed by atoms with Gasteiger partial charge < -0.3 is 18.9 Å². The van der Waals surface area contributed by atoms with E-state index in [-0.39, 0.29) is 24.2 Å². The lowest BCUT2D eigenvalue weighted by Gasteiger charge is -2.17. The molecule has 0 spiro atoms. The molecule has 3 aromatic rings. The Morgan fingerprint density at radius 1 is 1.03 bits per heavy atom. The topological polar surface area (TPSA) is 101 Å². The van der Waals surface area contributed by atoms with Gasteiger partial charge in [0, 0.05) is 23.4 Å². The number of benzene rings is 2. The van der Waals surface area contributed by atoms with E-state index in [2.05, 4.69) is 4.98 Å². The molecule has 1 atom stereocenters. The Bertz CT molecular complexity index is 1300. The van der Waals surface area contributed by atoms with Crippen LogP contribution in [0, 0.1) is 0 Å². The number of halogens is 1. The summed E-state index contributed by atoms with van der Waals surface area (Å²) in [4.78, 5) is 16.1. The number of sulfone groups is 1. The molecule has 204 valence electrons. The summed E-state index contributed by atoms with van der Waals surface area (Å²) in [7, 11) is -1.65. The predicted molar refractivity (Wildman–Crippen MR) is 146 cm³/mol. The van der Waals surface area contributed by atoms with Crippen molar-refractivity contribution in [1.82, 2.24) is 4.98 Å². The van der Waals surface area contributed by atoms with Crippen LogP contribution in [0.15, 0.2) is 60.8 Å². The van der Waals surface area contributed by atoms with Crippen LogP contribution >= 0.6 is 11.6 Å².